The lowest BCUT2D eigenvalue weighted by atomic mass is 10.1. The SMILES string of the molecule is Cc1nc2c3cc(Oc4ccc5c6ccccc6n(-c6ccccc6)c5n4)ccc3c3ccccc3n2n1. The first-order chi connectivity index (χ1) is 18.7. The van der Waals surface area contributed by atoms with Crippen LogP contribution in [0.25, 0.3) is 54.9 Å². The predicted octanol–water partition coefficient (Wildman–Crippen LogP) is 7.63. The minimum Gasteiger partial charge on any atom is -0.439 e. The summed E-state index contributed by atoms with van der Waals surface area (Å²) in [6, 6.07) is 37.1. The van der Waals surface area contributed by atoms with Gasteiger partial charge < -0.3 is 4.74 Å². The third kappa shape index (κ3) is 3.04. The zero-order chi connectivity index (χ0) is 25.2. The van der Waals surface area contributed by atoms with Crippen LogP contribution in [0.5, 0.6) is 11.6 Å². The molecule has 0 unspecified atom stereocenters. The van der Waals surface area contributed by atoms with Crippen LogP contribution in [0.4, 0.5) is 0 Å². The fourth-order valence-electron chi connectivity index (χ4n) is 5.49. The molecule has 0 fully saturated rings. The molecule has 38 heavy (non-hydrogen) atoms. The number of aromatic nitrogens is 5. The molecule has 8 aromatic rings. The van der Waals surface area contributed by atoms with E-state index >= 15 is 0 Å². The van der Waals surface area contributed by atoms with Gasteiger partial charge in [0, 0.05) is 33.3 Å². The van der Waals surface area contributed by atoms with Crippen molar-refractivity contribution in [3.63, 3.8) is 0 Å². The maximum atomic E-state index is 6.37. The number of ether oxygens (including phenoxy) is 1. The van der Waals surface area contributed by atoms with Crippen molar-refractivity contribution >= 4 is 49.3 Å². The van der Waals surface area contributed by atoms with Gasteiger partial charge in [-0.05, 0) is 60.8 Å². The van der Waals surface area contributed by atoms with Gasteiger partial charge in [-0.1, -0.05) is 54.6 Å². The highest BCUT2D eigenvalue weighted by Crippen LogP contribution is 2.35. The molecule has 4 heterocycles. The molecular formula is C32H21N5O. The Labute approximate surface area is 217 Å². The lowest BCUT2D eigenvalue weighted by Gasteiger charge is -2.10. The first-order valence-electron chi connectivity index (χ1n) is 12.6. The smallest absolute Gasteiger partial charge is 0.221 e. The zero-order valence-electron chi connectivity index (χ0n) is 20.5. The van der Waals surface area contributed by atoms with Gasteiger partial charge in [-0.15, -0.1) is 0 Å². The Balaban J connectivity index is 1.31. The van der Waals surface area contributed by atoms with Crippen LogP contribution >= 0.6 is 0 Å². The molecule has 0 aliphatic heterocycles. The number of para-hydroxylation sites is 3. The molecule has 0 saturated heterocycles. The highest BCUT2D eigenvalue weighted by molar-refractivity contribution is 6.12. The molecule has 0 saturated carbocycles. The molecule has 6 nitrogen and oxygen atoms in total. The highest BCUT2D eigenvalue weighted by Gasteiger charge is 2.16. The van der Waals surface area contributed by atoms with E-state index in [-0.39, 0.29) is 0 Å². The number of pyridine rings is 2. The quantitative estimate of drug-likeness (QED) is 0.238. The molecule has 180 valence electrons. The van der Waals surface area contributed by atoms with Crippen LogP contribution in [0.3, 0.4) is 0 Å². The molecule has 0 N–H and O–H groups in total. The van der Waals surface area contributed by atoms with E-state index in [9.17, 15) is 0 Å². The summed E-state index contributed by atoms with van der Waals surface area (Å²) in [5.74, 6) is 1.96. The van der Waals surface area contributed by atoms with E-state index in [1.54, 1.807) is 0 Å². The molecule has 0 spiro atoms. The first kappa shape index (κ1) is 20.9. The van der Waals surface area contributed by atoms with E-state index < -0.39 is 0 Å². The summed E-state index contributed by atoms with van der Waals surface area (Å²) in [6.45, 7) is 1.92. The van der Waals surface area contributed by atoms with Crippen LogP contribution in [0.15, 0.2) is 109 Å². The van der Waals surface area contributed by atoms with Gasteiger partial charge in [-0.2, -0.15) is 10.1 Å². The Morgan fingerprint density at radius 1 is 0.579 bits per heavy atom. The number of hydrogen-bond acceptors (Lipinski definition) is 4. The van der Waals surface area contributed by atoms with Crippen LogP contribution in [0.2, 0.25) is 0 Å². The number of rotatable bonds is 3. The fourth-order valence-corrected chi connectivity index (χ4v) is 5.49. The van der Waals surface area contributed by atoms with E-state index in [2.05, 4.69) is 70.3 Å². The Bertz CT molecular complexity index is 2180. The van der Waals surface area contributed by atoms with Gasteiger partial charge in [0.1, 0.15) is 17.2 Å². The summed E-state index contributed by atoms with van der Waals surface area (Å²) in [5.41, 5.74) is 4.88. The summed E-state index contributed by atoms with van der Waals surface area (Å²) in [7, 11) is 0. The topological polar surface area (TPSA) is 57.2 Å². The third-order valence-corrected chi connectivity index (χ3v) is 7.10. The zero-order valence-corrected chi connectivity index (χ0v) is 20.5. The maximum absolute atomic E-state index is 6.37. The van der Waals surface area contributed by atoms with Gasteiger partial charge in [-0.3, -0.25) is 4.57 Å². The van der Waals surface area contributed by atoms with Gasteiger partial charge in [0.05, 0.1) is 11.0 Å². The lowest BCUT2D eigenvalue weighted by Crippen LogP contribution is -1.96. The van der Waals surface area contributed by atoms with Gasteiger partial charge in [0.15, 0.2) is 5.65 Å². The van der Waals surface area contributed by atoms with Gasteiger partial charge in [-0.25, -0.2) is 9.50 Å². The Morgan fingerprint density at radius 3 is 2.13 bits per heavy atom. The molecule has 8 rings (SSSR count). The van der Waals surface area contributed by atoms with Crippen molar-refractivity contribution in [1.82, 2.24) is 24.1 Å². The second kappa shape index (κ2) is 7.88. The third-order valence-electron chi connectivity index (χ3n) is 7.10. The van der Waals surface area contributed by atoms with Crippen LogP contribution in [-0.2, 0) is 0 Å². The summed E-state index contributed by atoms with van der Waals surface area (Å²) < 4.78 is 10.5. The number of hydrogen-bond donors (Lipinski definition) is 0. The van der Waals surface area contributed by atoms with Crippen molar-refractivity contribution < 1.29 is 4.74 Å². The molecule has 4 aromatic carbocycles. The van der Waals surface area contributed by atoms with Crippen LogP contribution in [0, 0.1) is 6.92 Å². The molecule has 0 radical (unpaired) electrons. The van der Waals surface area contributed by atoms with E-state index in [4.69, 9.17) is 14.7 Å². The average molecular weight is 492 g/mol. The summed E-state index contributed by atoms with van der Waals surface area (Å²) in [6.07, 6.45) is 0. The molecule has 6 heteroatoms. The summed E-state index contributed by atoms with van der Waals surface area (Å²) >= 11 is 0. The molecule has 0 aliphatic rings. The van der Waals surface area contributed by atoms with Gasteiger partial charge >= 0.3 is 0 Å². The van der Waals surface area contributed by atoms with Gasteiger partial charge in [0.25, 0.3) is 0 Å². The summed E-state index contributed by atoms with van der Waals surface area (Å²) in [5, 5.41) is 10.1. The van der Waals surface area contributed by atoms with Crippen molar-refractivity contribution in [3.8, 4) is 17.3 Å². The monoisotopic (exact) mass is 491 g/mol. The largest absolute Gasteiger partial charge is 0.439 e. The highest BCUT2D eigenvalue weighted by atomic mass is 16.5. The standard InChI is InChI=1S/C32H21N5O/c1-20-33-32-27-19-22(15-16-23(27)24-11-6-8-14-29(24)37(32)35-20)38-30-18-17-26-25-12-5-7-13-28(25)36(31(26)34-30)21-9-3-2-4-10-21/h2-19H,1H3. The minimum atomic E-state index is 0.534. The number of aryl methyl sites for hydroxylation is 1. The molecule has 0 aliphatic carbocycles. The second-order valence-corrected chi connectivity index (χ2v) is 9.43. The molecule has 4 aromatic heterocycles. The molecule has 0 atom stereocenters. The lowest BCUT2D eigenvalue weighted by molar-refractivity contribution is 0.465. The van der Waals surface area contributed by atoms with E-state index in [1.807, 2.05) is 60.0 Å². The summed E-state index contributed by atoms with van der Waals surface area (Å²) in [4.78, 5) is 9.72. The molecular weight excluding hydrogens is 470 g/mol. The normalized spacial score (nSPS) is 11.8. The Kier molecular flexibility index (Phi) is 4.34. The van der Waals surface area contributed by atoms with Crippen molar-refractivity contribution in [2.24, 2.45) is 0 Å². The van der Waals surface area contributed by atoms with Crippen molar-refractivity contribution in [1.29, 1.82) is 0 Å². The second-order valence-electron chi connectivity index (χ2n) is 9.43. The van der Waals surface area contributed by atoms with E-state index in [1.165, 1.54) is 0 Å². The number of nitrogens with zero attached hydrogens (tertiary/aromatic N) is 5. The van der Waals surface area contributed by atoms with Crippen molar-refractivity contribution in [2.45, 2.75) is 6.92 Å². The molecule has 0 amide bonds. The Morgan fingerprint density at radius 2 is 1.29 bits per heavy atom. The van der Waals surface area contributed by atoms with Crippen molar-refractivity contribution in [3.05, 3.63) is 115 Å². The first-order valence-corrected chi connectivity index (χ1v) is 12.6. The predicted molar refractivity (Wildman–Crippen MR) is 151 cm³/mol. The Hall–Kier alpha value is -5.23. The van der Waals surface area contributed by atoms with Crippen LogP contribution in [0.1, 0.15) is 5.82 Å². The average Bonchev–Trinajstić information content (AvgIpc) is 3.51. The molecule has 0 bridgehead atoms. The number of fused-ring (bicyclic) bond motifs is 9. The minimum absolute atomic E-state index is 0.534. The number of benzene rings is 4. The fraction of sp³-hybridized carbons (Fsp3) is 0.0312. The van der Waals surface area contributed by atoms with Crippen molar-refractivity contribution in [2.75, 3.05) is 0 Å². The van der Waals surface area contributed by atoms with E-state index in [0.29, 0.717) is 11.6 Å². The van der Waals surface area contributed by atoms with Crippen LogP contribution < -0.4 is 4.74 Å². The maximum Gasteiger partial charge on any atom is 0.221 e. The van der Waals surface area contributed by atoms with E-state index in [0.717, 1.165) is 60.8 Å². The van der Waals surface area contributed by atoms with Gasteiger partial charge in [0.2, 0.25) is 5.88 Å². The van der Waals surface area contributed by atoms with Crippen LogP contribution in [-0.4, -0.2) is 24.1 Å².